The van der Waals surface area contributed by atoms with E-state index in [9.17, 15) is 0 Å². The van der Waals surface area contributed by atoms with Crippen LogP contribution in [0, 0.1) is 5.92 Å². The van der Waals surface area contributed by atoms with Crippen molar-refractivity contribution in [2.75, 3.05) is 0 Å². The Bertz CT molecular complexity index is 537. The van der Waals surface area contributed by atoms with Crippen LogP contribution in [0.3, 0.4) is 0 Å². The van der Waals surface area contributed by atoms with E-state index in [0.29, 0.717) is 6.04 Å². The molecule has 2 nitrogen and oxygen atoms in total. The molecule has 1 aliphatic rings. The number of aromatic amines is 1. The Kier molecular flexibility index (Phi) is 4.41. The van der Waals surface area contributed by atoms with E-state index in [2.05, 4.69) is 41.5 Å². The minimum atomic E-state index is 0.685. The molecule has 2 aromatic rings. The molecule has 0 spiro atoms. The molecule has 0 amide bonds. The number of aromatic nitrogens is 1. The van der Waals surface area contributed by atoms with Gasteiger partial charge in [0.2, 0.25) is 0 Å². The molecular weight excluding hydrogens is 244 g/mol. The number of hydrogen-bond acceptors (Lipinski definition) is 1. The third-order valence-corrected chi connectivity index (χ3v) is 4.90. The summed E-state index contributed by atoms with van der Waals surface area (Å²) >= 11 is 0. The van der Waals surface area contributed by atoms with E-state index in [1.807, 2.05) is 6.20 Å². The van der Waals surface area contributed by atoms with Crippen LogP contribution in [0.2, 0.25) is 0 Å². The van der Waals surface area contributed by atoms with Crippen molar-refractivity contribution in [3.05, 3.63) is 36.0 Å². The molecule has 1 heterocycles. The molecule has 1 saturated carbocycles. The van der Waals surface area contributed by atoms with Gasteiger partial charge in [0.25, 0.3) is 0 Å². The van der Waals surface area contributed by atoms with Crippen molar-refractivity contribution in [3.8, 4) is 0 Å². The molecule has 3 rings (SSSR count). The Hall–Kier alpha value is -1.28. The normalized spacial score (nSPS) is 18.4. The molecule has 1 atom stereocenters. The molecular formula is C18H26N2. The van der Waals surface area contributed by atoms with Gasteiger partial charge in [-0.1, -0.05) is 38.3 Å². The molecule has 2 heteroatoms. The molecule has 0 saturated heterocycles. The molecule has 1 aliphatic carbocycles. The first-order valence-electron chi connectivity index (χ1n) is 8.17. The minimum Gasteiger partial charge on any atom is -0.361 e. The summed E-state index contributed by atoms with van der Waals surface area (Å²) in [6.45, 7) is 3.31. The summed E-state index contributed by atoms with van der Waals surface area (Å²) in [4.78, 5) is 3.30. The van der Waals surface area contributed by atoms with Gasteiger partial charge >= 0.3 is 0 Å². The highest BCUT2D eigenvalue weighted by Crippen LogP contribution is 2.28. The maximum absolute atomic E-state index is 3.82. The molecule has 20 heavy (non-hydrogen) atoms. The molecule has 2 N–H and O–H groups in total. The van der Waals surface area contributed by atoms with Crippen LogP contribution in [0.25, 0.3) is 10.9 Å². The predicted molar refractivity (Wildman–Crippen MR) is 85.8 cm³/mol. The first-order valence-corrected chi connectivity index (χ1v) is 8.17. The van der Waals surface area contributed by atoms with Crippen molar-refractivity contribution in [3.63, 3.8) is 0 Å². The van der Waals surface area contributed by atoms with Gasteiger partial charge in [-0.05, 0) is 42.9 Å². The maximum Gasteiger partial charge on any atom is 0.0457 e. The Morgan fingerprint density at radius 2 is 2.05 bits per heavy atom. The smallest absolute Gasteiger partial charge is 0.0457 e. The fourth-order valence-electron chi connectivity index (χ4n) is 3.73. The van der Waals surface area contributed by atoms with Gasteiger partial charge in [-0.25, -0.2) is 0 Å². The topological polar surface area (TPSA) is 27.8 Å². The van der Waals surface area contributed by atoms with Crippen molar-refractivity contribution in [1.82, 2.24) is 10.3 Å². The van der Waals surface area contributed by atoms with Gasteiger partial charge in [0, 0.05) is 29.7 Å². The largest absolute Gasteiger partial charge is 0.361 e. The molecule has 1 fully saturated rings. The number of H-pyrrole nitrogens is 1. The first-order chi connectivity index (χ1) is 9.88. The van der Waals surface area contributed by atoms with Crippen LogP contribution < -0.4 is 5.32 Å². The van der Waals surface area contributed by atoms with Crippen LogP contribution in [0.15, 0.2) is 30.5 Å². The van der Waals surface area contributed by atoms with E-state index in [1.165, 1.54) is 55.0 Å². The van der Waals surface area contributed by atoms with E-state index < -0.39 is 0 Å². The predicted octanol–water partition coefficient (Wildman–Crippen LogP) is 4.62. The van der Waals surface area contributed by atoms with Gasteiger partial charge < -0.3 is 10.3 Å². The summed E-state index contributed by atoms with van der Waals surface area (Å²) in [5.74, 6) is 0.888. The highest BCUT2D eigenvalue weighted by Gasteiger charge is 2.21. The molecule has 108 valence electrons. The Balaban J connectivity index is 1.66. The molecule has 0 bridgehead atoms. The SMILES string of the molecule is CCC(NCc1cccc2[nH]ccc12)C1CCCCC1. The fraction of sp³-hybridized carbons (Fsp3) is 0.556. The summed E-state index contributed by atoms with van der Waals surface area (Å²) in [6.07, 6.45) is 10.4. The minimum absolute atomic E-state index is 0.685. The molecule has 1 unspecified atom stereocenters. The van der Waals surface area contributed by atoms with Crippen molar-refractivity contribution in [2.45, 2.75) is 58.0 Å². The lowest BCUT2D eigenvalue weighted by Gasteiger charge is -2.30. The fourth-order valence-corrected chi connectivity index (χ4v) is 3.73. The van der Waals surface area contributed by atoms with E-state index >= 15 is 0 Å². The van der Waals surface area contributed by atoms with Gasteiger partial charge in [0.05, 0.1) is 0 Å². The van der Waals surface area contributed by atoms with E-state index in [4.69, 9.17) is 0 Å². The summed E-state index contributed by atoms with van der Waals surface area (Å²) in [5, 5.41) is 5.18. The lowest BCUT2D eigenvalue weighted by molar-refractivity contribution is 0.262. The van der Waals surface area contributed by atoms with Gasteiger partial charge in [0.1, 0.15) is 0 Å². The van der Waals surface area contributed by atoms with Gasteiger partial charge in [-0.15, -0.1) is 0 Å². The third kappa shape index (κ3) is 2.90. The van der Waals surface area contributed by atoms with E-state index in [1.54, 1.807) is 0 Å². The van der Waals surface area contributed by atoms with Gasteiger partial charge in [-0.2, -0.15) is 0 Å². The summed E-state index contributed by atoms with van der Waals surface area (Å²) in [6, 6.07) is 9.42. The highest BCUT2D eigenvalue weighted by atomic mass is 14.9. The van der Waals surface area contributed by atoms with E-state index in [0.717, 1.165) is 12.5 Å². The van der Waals surface area contributed by atoms with Crippen molar-refractivity contribution in [1.29, 1.82) is 0 Å². The zero-order valence-corrected chi connectivity index (χ0v) is 12.5. The Morgan fingerprint density at radius 3 is 2.85 bits per heavy atom. The summed E-state index contributed by atoms with van der Waals surface area (Å²) in [5.41, 5.74) is 2.66. The first kappa shape index (κ1) is 13.7. The van der Waals surface area contributed by atoms with Crippen LogP contribution in [0.1, 0.15) is 51.0 Å². The molecule has 1 aromatic carbocycles. The number of rotatable bonds is 5. The average molecular weight is 270 g/mol. The summed E-state index contributed by atoms with van der Waals surface area (Å²) in [7, 11) is 0. The van der Waals surface area contributed by atoms with E-state index in [-0.39, 0.29) is 0 Å². The van der Waals surface area contributed by atoms with Crippen LogP contribution >= 0.6 is 0 Å². The van der Waals surface area contributed by atoms with Crippen molar-refractivity contribution < 1.29 is 0 Å². The monoisotopic (exact) mass is 270 g/mol. The van der Waals surface area contributed by atoms with Crippen molar-refractivity contribution in [2.24, 2.45) is 5.92 Å². The van der Waals surface area contributed by atoms with Crippen LogP contribution in [-0.2, 0) is 6.54 Å². The van der Waals surface area contributed by atoms with Crippen LogP contribution in [0.4, 0.5) is 0 Å². The standard InChI is InChI=1S/C18H26N2/c1-2-17(14-7-4-3-5-8-14)20-13-15-9-6-10-18-16(15)11-12-19-18/h6,9-12,14,17,19-20H,2-5,7-8,13H2,1H3. The Labute approximate surface area is 122 Å². The van der Waals surface area contributed by atoms with Crippen LogP contribution in [-0.4, -0.2) is 11.0 Å². The summed E-state index contributed by atoms with van der Waals surface area (Å²) < 4.78 is 0. The lowest BCUT2D eigenvalue weighted by Crippen LogP contribution is -2.36. The second-order valence-electron chi connectivity index (χ2n) is 6.15. The Morgan fingerprint density at radius 1 is 1.20 bits per heavy atom. The van der Waals surface area contributed by atoms with Gasteiger partial charge in [0.15, 0.2) is 0 Å². The third-order valence-electron chi connectivity index (χ3n) is 4.90. The number of fused-ring (bicyclic) bond motifs is 1. The highest BCUT2D eigenvalue weighted by molar-refractivity contribution is 5.82. The lowest BCUT2D eigenvalue weighted by atomic mass is 9.83. The quantitative estimate of drug-likeness (QED) is 0.815. The molecule has 0 radical (unpaired) electrons. The number of benzene rings is 1. The zero-order chi connectivity index (χ0) is 13.8. The van der Waals surface area contributed by atoms with Gasteiger partial charge in [-0.3, -0.25) is 0 Å². The average Bonchev–Trinajstić information content (AvgIpc) is 2.98. The zero-order valence-electron chi connectivity index (χ0n) is 12.5. The second kappa shape index (κ2) is 6.45. The number of hydrogen-bond donors (Lipinski definition) is 2. The molecule has 1 aromatic heterocycles. The molecule has 0 aliphatic heterocycles. The van der Waals surface area contributed by atoms with Crippen molar-refractivity contribution >= 4 is 10.9 Å². The number of nitrogens with one attached hydrogen (secondary N) is 2. The maximum atomic E-state index is 3.82. The second-order valence-corrected chi connectivity index (χ2v) is 6.15. The van der Waals surface area contributed by atoms with Crippen LogP contribution in [0.5, 0.6) is 0 Å².